The molecule has 0 aliphatic heterocycles. The molecule has 0 unspecified atom stereocenters. The molecule has 0 amide bonds. The molecule has 0 aliphatic rings. The molecule has 0 spiro atoms. The molecule has 0 aliphatic carbocycles. The van der Waals surface area contributed by atoms with E-state index in [0.29, 0.717) is 16.6 Å². The summed E-state index contributed by atoms with van der Waals surface area (Å²) in [6.45, 7) is 6.39. The van der Waals surface area contributed by atoms with Gasteiger partial charge < -0.3 is 5.11 Å². The van der Waals surface area contributed by atoms with Crippen LogP contribution >= 0.6 is 43.2 Å². The summed E-state index contributed by atoms with van der Waals surface area (Å²) in [4.78, 5) is 5.37. The fourth-order valence-electron chi connectivity index (χ4n) is 2.33. The van der Waals surface area contributed by atoms with E-state index in [9.17, 15) is 5.11 Å². The summed E-state index contributed by atoms with van der Waals surface area (Å²) < 4.78 is 3.24. The molecule has 4 nitrogen and oxygen atoms in total. The highest BCUT2D eigenvalue weighted by Gasteiger charge is 2.09. The zero-order chi connectivity index (χ0) is 19.4. The van der Waals surface area contributed by atoms with Crippen molar-refractivity contribution < 1.29 is 5.11 Å². The highest BCUT2D eigenvalue weighted by Crippen LogP contribution is 2.30. The number of nitrogens with zero attached hydrogens (tertiary/aromatic N) is 3. The summed E-state index contributed by atoms with van der Waals surface area (Å²) in [5.74, 6) is 0.138. The zero-order valence-corrected chi connectivity index (χ0v) is 18.6. The molecule has 0 bridgehead atoms. The van der Waals surface area contributed by atoms with E-state index in [-0.39, 0.29) is 5.75 Å². The Morgan fingerprint density at radius 3 is 2.70 bits per heavy atom. The molecule has 1 aromatic heterocycles. The molecule has 0 saturated carbocycles. The molecule has 0 fully saturated rings. The summed E-state index contributed by atoms with van der Waals surface area (Å²) in [7, 11) is 0. The lowest BCUT2D eigenvalue weighted by molar-refractivity contribution is 0.471. The first-order chi connectivity index (χ1) is 13.0. The number of rotatable bonds is 5. The lowest BCUT2D eigenvalue weighted by atomic mass is 10.2. The molecule has 7 heteroatoms. The Labute approximate surface area is 178 Å². The maximum Gasteiger partial charge on any atom is 0.206 e. The third-order valence-corrected chi connectivity index (χ3v) is 5.53. The standard InChI is InChI=1S/C20H17Br2N3OS/c1-13(2)10-23-20-25(18(12-27-20)14-6-4-3-5-7-14)24-11-15-8-16(21)9-17(22)19(15)26/h3-9,11-12,26H,1,10H2,2H3/b23-20?,24-11-. The van der Waals surface area contributed by atoms with Gasteiger partial charge in [-0.15, -0.1) is 11.3 Å². The van der Waals surface area contributed by atoms with Gasteiger partial charge in [0, 0.05) is 21.0 Å². The van der Waals surface area contributed by atoms with Crippen molar-refractivity contribution >= 4 is 49.4 Å². The molecular formula is C20H17Br2N3OS. The third kappa shape index (κ3) is 4.86. The molecule has 1 heterocycles. The summed E-state index contributed by atoms with van der Waals surface area (Å²) in [6, 6.07) is 13.6. The van der Waals surface area contributed by atoms with E-state index in [2.05, 4.69) is 48.5 Å². The van der Waals surface area contributed by atoms with E-state index < -0.39 is 0 Å². The molecule has 3 rings (SSSR count). The summed E-state index contributed by atoms with van der Waals surface area (Å²) in [5.41, 5.74) is 3.56. The van der Waals surface area contributed by atoms with Crippen molar-refractivity contribution in [2.24, 2.45) is 10.1 Å². The number of aromatic nitrogens is 1. The minimum absolute atomic E-state index is 0.138. The molecule has 0 radical (unpaired) electrons. The van der Waals surface area contributed by atoms with Crippen LogP contribution in [0.5, 0.6) is 5.75 Å². The van der Waals surface area contributed by atoms with Gasteiger partial charge in [-0.3, -0.25) is 4.99 Å². The molecule has 0 saturated heterocycles. The first-order valence-electron chi connectivity index (χ1n) is 8.09. The maximum absolute atomic E-state index is 10.3. The highest BCUT2D eigenvalue weighted by atomic mass is 79.9. The van der Waals surface area contributed by atoms with Crippen LogP contribution in [0.15, 0.2) is 79.0 Å². The second kappa shape index (κ2) is 8.82. The van der Waals surface area contributed by atoms with Gasteiger partial charge in [-0.25, -0.2) is 4.68 Å². The van der Waals surface area contributed by atoms with Crippen LogP contribution in [0.1, 0.15) is 12.5 Å². The number of hydrogen-bond donors (Lipinski definition) is 1. The Hall–Kier alpha value is -1.96. The Balaban J connectivity index is 2.11. The van der Waals surface area contributed by atoms with Crippen LogP contribution in [-0.4, -0.2) is 22.5 Å². The van der Waals surface area contributed by atoms with Gasteiger partial charge in [-0.05, 0) is 35.0 Å². The third-order valence-electron chi connectivity index (χ3n) is 3.61. The van der Waals surface area contributed by atoms with E-state index in [4.69, 9.17) is 0 Å². The van der Waals surface area contributed by atoms with Gasteiger partial charge in [0.15, 0.2) is 0 Å². The number of phenolic OH excluding ortho intramolecular Hbond substituents is 1. The van der Waals surface area contributed by atoms with Crippen molar-refractivity contribution in [1.82, 2.24) is 4.68 Å². The maximum atomic E-state index is 10.3. The van der Waals surface area contributed by atoms with Crippen molar-refractivity contribution in [3.8, 4) is 17.0 Å². The quantitative estimate of drug-likeness (QED) is 0.344. The predicted octanol–water partition coefficient (Wildman–Crippen LogP) is 5.81. The first-order valence-corrected chi connectivity index (χ1v) is 10.6. The van der Waals surface area contributed by atoms with Crippen LogP contribution in [-0.2, 0) is 0 Å². The van der Waals surface area contributed by atoms with E-state index in [0.717, 1.165) is 26.1 Å². The van der Waals surface area contributed by atoms with Crippen LogP contribution in [0.25, 0.3) is 11.3 Å². The van der Waals surface area contributed by atoms with E-state index in [1.54, 1.807) is 17.0 Å². The number of thiazole rings is 1. The molecule has 0 atom stereocenters. The highest BCUT2D eigenvalue weighted by molar-refractivity contribution is 9.11. The monoisotopic (exact) mass is 505 g/mol. The number of phenols is 1. The van der Waals surface area contributed by atoms with Crippen LogP contribution in [0, 0.1) is 0 Å². The summed E-state index contributed by atoms with van der Waals surface area (Å²) in [5, 5.41) is 16.9. The average molecular weight is 507 g/mol. The topological polar surface area (TPSA) is 49.9 Å². The lowest BCUT2D eigenvalue weighted by Crippen LogP contribution is -2.13. The summed E-state index contributed by atoms with van der Waals surface area (Å²) >= 11 is 8.30. The van der Waals surface area contributed by atoms with Gasteiger partial charge in [-0.2, -0.15) is 5.10 Å². The largest absolute Gasteiger partial charge is 0.506 e. The lowest BCUT2D eigenvalue weighted by Gasteiger charge is -2.05. The van der Waals surface area contributed by atoms with Gasteiger partial charge in [0.05, 0.1) is 22.9 Å². The van der Waals surface area contributed by atoms with Gasteiger partial charge in [-0.1, -0.05) is 58.4 Å². The molecule has 3 aromatic rings. The average Bonchev–Trinajstić information content (AvgIpc) is 3.05. The zero-order valence-electron chi connectivity index (χ0n) is 14.6. The van der Waals surface area contributed by atoms with E-state index in [1.807, 2.05) is 48.7 Å². The summed E-state index contributed by atoms with van der Waals surface area (Å²) in [6.07, 6.45) is 1.63. The second-order valence-corrected chi connectivity index (χ2v) is 8.53. The second-order valence-electron chi connectivity index (χ2n) is 5.92. The van der Waals surface area contributed by atoms with Crippen molar-refractivity contribution in [2.75, 3.05) is 6.54 Å². The fourth-order valence-corrected chi connectivity index (χ4v) is 4.43. The van der Waals surface area contributed by atoms with Crippen LogP contribution in [0.4, 0.5) is 0 Å². The van der Waals surface area contributed by atoms with Crippen LogP contribution in [0.2, 0.25) is 0 Å². The van der Waals surface area contributed by atoms with Crippen LogP contribution < -0.4 is 4.80 Å². The Morgan fingerprint density at radius 2 is 2.00 bits per heavy atom. The van der Waals surface area contributed by atoms with Crippen molar-refractivity contribution in [1.29, 1.82) is 0 Å². The Bertz CT molecular complexity index is 1070. The number of aromatic hydroxyl groups is 1. The fraction of sp³-hybridized carbons (Fsp3) is 0.100. The number of benzene rings is 2. The molecule has 138 valence electrons. The smallest absolute Gasteiger partial charge is 0.206 e. The van der Waals surface area contributed by atoms with E-state index in [1.165, 1.54) is 11.3 Å². The number of halogens is 2. The SMILES string of the molecule is C=C(C)CN=c1scc(-c2ccccc2)n1/N=C\c1cc(Br)cc(Br)c1O. The molecule has 27 heavy (non-hydrogen) atoms. The van der Waals surface area contributed by atoms with Gasteiger partial charge >= 0.3 is 0 Å². The minimum Gasteiger partial charge on any atom is -0.506 e. The molecule has 2 aromatic carbocycles. The van der Waals surface area contributed by atoms with Gasteiger partial charge in [0.2, 0.25) is 4.80 Å². The Kier molecular flexibility index (Phi) is 6.46. The van der Waals surface area contributed by atoms with Gasteiger partial charge in [0.1, 0.15) is 5.75 Å². The van der Waals surface area contributed by atoms with Gasteiger partial charge in [0.25, 0.3) is 0 Å². The van der Waals surface area contributed by atoms with Crippen LogP contribution in [0.3, 0.4) is 0 Å². The van der Waals surface area contributed by atoms with Crippen molar-refractivity contribution in [2.45, 2.75) is 6.92 Å². The van der Waals surface area contributed by atoms with E-state index >= 15 is 0 Å². The van der Waals surface area contributed by atoms with Crippen molar-refractivity contribution in [3.63, 3.8) is 0 Å². The predicted molar refractivity (Wildman–Crippen MR) is 119 cm³/mol. The molecular weight excluding hydrogens is 490 g/mol. The minimum atomic E-state index is 0.138. The Morgan fingerprint density at radius 1 is 1.26 bits per heavy atom. The number of hydrogen-bond acceptors (Lipinski definition) is 4. The molecule has 1 N–H and O–H groups in total. The first kappa shape index (κ1) is 19.8. The van der Waals surface area contributed by atoms with Crippen molar-refractivity contribution in [3.05, 3.63) is 79.3 Å². The normalized spacial score (nSPS) is 12.0.